The van der Waals surface area contributed by atoms with Crippen LogP contribution < -0.4 is 4.90 Å². The number of nitro benzene ring substituents is 1. The molecule has 2 saturated heterocycles. The van der Waals surface area contributed by atoms with Crippen molar-refractivity contribution in [1.29, 1.82) is 0 Å². The van der Waals surface area contributed by atoms with E-state index in [9.17, 15) is 14.9 Å². The van der Waals surface area contributed by atoms with Crippen LogP contribution in [-0.4, -0.2) is 41.4 Å². The highest BCUT2D eigenvalue weighted by Gasteiger charge is 2.27. The molecule has 0 spiro atoms. The zero-order valence-electron chi connectivity index (χ0n) is 14.2. The predicted molar refractivity (Wildman–Crippen MR) is 93.5 cm³/mol. The summed E-state index contributed by atoms with van der Waals surface area (Å²) in [6, 6.07) is 5.17. The van der Waals surface area contributed by atoms with Gasteiger partial charge in [0.05, 0.1) is 4.92 Å². The monoisotopic (exact) mass is 331 g/mol. The Morgan fingerprint density at radius 2 is 1.83 bits per heavy atom. The molecule has 0 aromatic heterocycles. The van der Waals surface area contributed by atoms with E-state index >= 15 is 0 Å². The maximum Gasteiger partial charge on any atom is 0.293 e. The highest BCUT2D eigenvalue weighted by Crippen LogP contribution is 2.32. The Bertz CT molecular complexity index is 626. The van der Waals surface area contributed by atoms with Crippen LogP contribution in [-0.2, 0) is 0 Å². The van der Waals surface area contributed by atoms with Crippen molar-refractivity contribution in [2.24, 2.45) is 0 Å². The Balaban J connectivity index is 1.88. The number of hydrogen-bond acceptors (Lipinski definition) is 4. The molecular formula is C18H25N3O3. The van der Waals surface area contributed by atoms with Gasteiger partial charge < -0.3 is 9.80 Å². The third-order valence-corrected chi connectivity index (χ3v) is 5.18. The van der Waals surface area contributed by atoms with E-state index in [0.29, 0.717) is 11.3 Å². The van der Waals surface area contributed by atoms with Crippen LogP contribution in [0, 0.1) is 10.1 Å². The first kappa shape index (κ1) is 16.7. The van der Waals surface area contributed by atoms with Crippen LogP contribution in [0.5, 0.6) is 0 Å². The molecule has 1 atom stereocenters. The van der Waals surface area contributed by atoms with Crippen molar-refractivity contribution in [3.05, 3.63) is 33.9 Å². The van der Waals surface area contributed by atoms with Crippen molar-refractivity contribution in [1.82, 2.24) is 4.90 Å². The van der Waals surface area contributed by atoms with Crippen molar-refractivity contribution in [2.75, 3.05) is 24.5 Å². The van der Waals surface area contributed by atoms with Gasteiger partial charge in [-0.25, -0.2) is 0 Å². The third kappa shape index (κ3) is 3.37. The molecule has 2 heterocycles. The smallest absolute Gasteiger partial charge is 0.293 e. The van der Waals surface area contributed by atoms with E-state index in [1.54, 1.807) is 12.1 Å². The number of anilines is 1. The van der Waals surface area contributed by atoms with Gasteiger partial charge in [0.15, 0.2) is 0 Å². The second kappa shape index (κ2) is 7.20. The van der Waals surface area contributed by atoms with E-state index in [0.717, 1.165) is 51.7 Å². The summed E-state index contributed by atoms with van der Waals surface area (Å²) in [4.78, 5) is 27.9. The van der Waals surface area contributed by atoms with Crippen LogP contribution in [0.4, 0.5) is 11.4 Å². The zero-order chi connectivity index (χ0) is 17.1. The maximum atomic E-state index is 12.8. The summed E-state index contributed by atoms with van der Waals surface area (Å²) in [6.07, 6.45) is 6.43. The number of carbonyl (C=O) groups is 1. The molecule has 0 aliphatic carbocycles. The van der Waals surface area contributed by atoms with Gasteiger partial charge >= 0.3 is 0 Å². The Kier molecular flexibility index (Phi) is 5.02. The molecule has 6 nitrogen and oxygen atoms in total. The van der Waals surface area contributed by atoms with E-state index in [1.165, 1.54) is 12.5 Å². The minimum absolute atomic E-state index is 0.0485. The molecular weight excluding hydrogens is 306 g/mol. The largest absolute Gasteiger partial charge is 0.366 e. The highest BCUT2D eigenvalue weighted by atomic mass is 16.6. The summed E-state index contributed by atoms with van der Waals surface area (Å²) < 4.78 is 0. The van der Waals surface area contributed by atoms with Crippen molar-refractivity contribution < 1.29 is 9.72 Å². The number of carbonyl (C=O) groups excluding carboxylic acids is 1. The third-order valence-electron chi connectivity index (χ3n) is 5.18. The van der Waals surface area contributed by atoms with Gasteiger partial charge in [-0.2, -0.15) is 0 Å². The number of benzene rings is 1. The molecule has 2 fully saturated rings. The lowest BCUT2D eigenvalue weighted by atomic mass is 10.0. The Morgan fingerprint density at radius 1 is 1.12 bits per heavy atom. The van der Waals surface area contributed by atoms with E-state index in [1.807, 2.05) is 11.8 Å². The molecule has 6 heteroatoms. The summed E-state index contributed by atoms with van der Waals surface area (Å²) in [5.41, 5.74) is 1.12. The van der Waals surface area contributed by atoms with Crippen LogP contribution in [0.3, 0.4) is 0 Å². The first-order valence-electron chi connectivity index (χ1n) is 8.92. The molecule has 1 amide bonds. The van der Waals surface area contributed by atoms with E-state index in [-0.39, 0.29) is 22.6 Å². The topological polar surface area (TPSA) is 66.7 Å². The van der Waals surface area contributed by atoms with E-state index < -0.39 is 0 Å². The number of nitrogens with zero attached hydrogens (tertiary/aromatic N) is 3. The number of hydrogen-bond donors (Lipinski definition) is 0. The summed E-state index contributed by atoms with van der Waals surface area (Å²) in [5.74, 6) is -0.0875. The summed E-state index contributed by atoms with van der Waals surface area (Å²) in [6.45, 7) is 4.48. The van der Waals surface area contributed by atoms with Crippen molar-refractivity contribution in [3.63, 3.8) is 0 Å². The van der Waals surface area contributed by atoms with Crippen molar-refractivity contribution >= 4 is 17.3 Å². The first-order valence-corrected chi connectivity index (χ1v) is 8.92. The van der Waals surface area contributed by atoms with Crippen LogP contribution in [0.15, 0.2) is 18.2 Å². The second-order valence-corrected chi connectivity index (χ2v) is 6.85. The van der Waals surface area contributed by atoms with Gasteiger partial charge in [-0.05, 0) is 57.6 Å². The lowest BCUT2D eigenvalue weighted by Gasteiger charge is -2.33. The van der Waals surface area contributed by atoms with E-state index in [2.05, 4.69) is 4.90 Å². The Morgan fingerprint density at radius 3 is 2.50 bits per heavy atom. The molecule has 1 aromatic rings. The van der Waals surface area contributed by atoms with E-state index in [4.69, 9.17) is 0 Å². The fourth-order valence-electron chi connectivity index (χ4n) is 3.77. The van der Waals surface area contributed by atoms with Crippen LogP contribution >= 0.6 is 0 Å². The van der Waals surface area contributed by atoms with Gasteiger partial charge in [-0.15, -0.1) is 0 Å². The molecule has 2 aliphatic heterocycles. The molecule has 0 saturated carbocycles. The Hall–Kier alpha value is -2.11. The lowest BCUT2D eigenvalue weighted by molar-refractivity contribution is -0.384. The molecule has 1 aromatic carbocycles. The van der Waals surface area contributed by atoms with Gasteiger partial charge in [0.1, 0.15) is 5.69 Å². The average Bonchev–Trinajstić information content (AvgIpc) is 2.62. The van der Waals surface area contributed by atoms with Gasteiger partial charge in [-0.1, -0.05) is 0 Å². The average molecular weight is 331 g/mol. The standard InChI is InChI=1S/C18H25N3O3/c1-14-7-3-6-12-20(14)18(22)15-8-9-16(17(13-15)21(23)24)19-10-4-2-5-11-19/h8-9,13-14H,2-7,10-12H2,1H3/t14-/m0/s1. The number of piperidine rings is 2. The molecule has 130 valence electrons. The molecule has 0 N–H and O–H groups in total. The summed E-state index contributed by atoms with van der Waals surface area (Å²) >= 11 is 0. The lowest BCUT2D eigenvalue weighted by Crippen LogP contribution is -2.42. The summed E-state index contributed by atoms with van der Waals surface area (Å²) in [7, 11) is 0. The maximum absolute atomic E-state index is 12.8. The Labute approximate surface area is 142 Å². The quantitative estimate of drug-likeness (QED) is 0.627. The van der Waals surface area contributed by atoms with Crippen LogP contribution in [0.1, 0.15) is 55.8 Å². The predicted octanol–water partition coefficient (Wildman–Crippen LogP) is 3.60. The normalized spacial score (nSPS) is 21.6. The molecule has 0 bridgehead atoms. The molecule has 0 radical (unpaired) electrons. The number of rotatable bonds is 3. The van der Waals surface area contributed by atoms with Crippen molar-refractivity contribution in [2.45, 2.75) is 51.5 Å². The number of amides is 1. The second-order valence-electron chi connectivity index (χ2n) is 6.85. The SMILES string of the molecule is C[C@H]1CCCCN1C(=O)c1ccc(N2CCCCC2)c([N+](=O)[O-])c1. The molecule has 3 rings (SSSR count). The van der Waals surface area contributed by atoms with Gasteiger partial charge in [0, 0.05) is 37.3 Å². The number of likely N-dealkylation sites (tertiary alicyclic amines) is 1. The first-order chi connectivity index (χ1) is 11.6. The minimum Gasteiger partial charge on any atom is -0.366 e. The van der Waals surface area contributed by atoms with Crippen molar-refractivity contribution in [3.8, 4) is 0 Å². The molecule has 2 aliphatic rings. The van der Waals surface area contributed by atoms with Gasteiger partial charge in [-0.3, -0.25) is 14.9 Å². The fraction of sp³-hybridized carbons (Fsp3) is 0.611. The van der Waals surface area contributed by atoms with Gasteiger partial charge in [0.25, 0.3) is 11.6 Å². The van der Waals surface area contributed by atoms with Crippen LogP contribution in [0.2, 0.25) is 0 Å². The number of nitro groups is 1. The van der Waals surface area contributed by atoms with Gasteiger partial charge in [0.2, 0.25) is 0 Å². The fourth-order valence-corrected chi connectivity index (χ4v) is 3.77. The summed E-state index contributed by atoms with van der Waals surface area (Å²) in [5, 5.41) is 11.5. The highest BCUT2D eigenvalue weighted by molar-refractivity contribution is 5.96. The zero-order valence-corrected chi connectivity index (χ0v) is 14.2. The molecule has 0 unspecified atom stereocenters. The molecule has 24 heavy (non-hydrogen) atoms. The minimum atomic E-state index is -0.361. The van der Waals surface area contributed by atoms with Crippen LogP contribution in [0.25, 0.3) is 0 Å².